The van der Waals surface area contributed by atoms with Gasteiger partial charge in [-0.2, -0.15) is 5.10 Å². The third-order valence-corrected chi connectivity index (χ3v) is 3.99. The minimum absolute atomic E-state index is 0.342. The Morgan fingerprint density at radius 1 is 1.45 bits per heavy atom. The molecule has 2 aromatic rings. The Kier molecular flexibility index (Phi) is 5.79. The standard InChI is InChI=1S/C13H16BrN5O.C2H6/c14-8-5-11-12(18-9-1-3-16-4-2-9)10(13(15)20)6-17-19(11)7-8;1-2/h5-7,9,16,18H,1-4H2,(H2,15,20);1-2H3. The van der Waals surface area contributed by atoms with Crippen molar-refractivity contribution in [2.24, 2.45) is 5.73 Å². The molecule has 22 heavy (non-hydrogen) atoms. The number of piperidine rings is 1. The lowest BCUT2D eigenvalue weighted by Crippen LogP contribution is -2.36. The predicted molar refractivity (Wildman–Crippen MR) is 92.3 cm³/mol. The van der Waals surface area contributed by atoms with E-state index in [1.807, 2.05) is 26.1 Å². The molecular formula is C15H22BrN5O. The zero-order valence-corrected chi connectivity index (χ0v) is 14.5. The second-order valence-electron chi connectivity index (χ2n) is 4.95. The summed E-state index contributed by atoms with van der Waals surface area (Å²) in [4.78, 5) is 11.6. The lowest BCUT2D eigenvalue weighted by molar-refractivity contribution is 0.100. The third-order valence-electron chi connectivity index (χ3n) is 3.56. The molecule has 0 aliphatic carbocycles. The maximum Gasteiger partial charge on any atom is 0.252 e. The SMILES string of the molecule is CC.NC(=O)c1cnn2cc(Br)cc2c1NC1CCNCC1. The van der Waals surface area contributed by atoms with Crippen molar-refractivity contribution in [3.63, 3.8) is 0 Å². The lowest BCUT2D eigenvalue weighted by atomic mass is 10.1. The molecule has 4 N–H and O–H groups in total. The summed E-state index contributed by atoms with van der Waals surface area (Å²) in [6, 6.07) is 2.28. The number of nitrogens with one attached hydrogen (secondary N) is 2. The minimum Gasteiger partial charge on any atom is -0.380 e. The number of hydrogen-bond acceptors (Lipinski definition) is 4. The zero-order chi connectivity index (χ0) is 16.1. The Hall–Kier alpha value is -1.60. The number of fused-ring (bicyclic) bond motifs is 1. The zero-order valence-electron chi connectivity index (χ0n) is 12.9. The van der Waals surface area contributed by atoms with Gasteiger partial charge in [0, 0.05) is 16.7 Å². The van der Waals surface area contributed by atoms with E-state index >= 15 is 0 Å². The molecule has 6 nitrogen and oxygen atoms in total. The van der Waals surface area contributed by atoms with Gasteiger partial charge in [0.25, 0.3) is 5.91 Å². The molecule has 3 heterocycles. The van der Waals surface area contributed by atoms with Crippen LogP contribution in [0.15, 0.2) is 22.9 Å². The molecule has 1 amide bonds. The van der Waals surface area contributed by atoms with Gasteiger partial charge < -0.3 is 16.4 Å². The molecular weight excluding hydrogens is 346 g/mol. The molecule has 3 rings (SSSR count). The van der Waals surface area contributed by atoms with Crippen LogP contribution in [-0.2, 0) is 0 Å². The Bertz CT molecular complexity index is 649. The normalized spacial score (nSPS) is 15.2. The third kappa shape index (κ3) is 3.59. The summed E-state index contributed by atoms with van der Waals surface area (Å²) in [5.41, 5.74) is 7.52. The number of amides is 1. The van der Waals surface area contributed by atoms with Crippen LogP contribution in [0.25, 0.3) is 5.52 Å². The van der Waals surface area contributed by atoms with Crippen LogP contribution in [0.2, 0.25) is 0 Å². The molecule has 1 saturated heterocycles. The van der Waals surface area contributed by atoms with Gasteiger partial charge in [0.1, 0.15) is 0 Å². The van der Waals surface area contributed by atoms with E-state index in [0.29, 0.717) is 11.6 Å². The number of nitrogens with zero attached hydrogens (tertiary/aromatic N) is 2. The van der Waals surface area contributed by atoms with Crippen LogP contribution in [0.1, 0.15) is 37.0 Å². The first-order chi connectivity index (χ1) is 10.6. The number of nitrogens with two attached hydrogens (primary N) is 1. The van der Waals surface area contributed by atoms with Crippen LogP contribution < -0.4 is 16.4 Å². The number of hydrogen-bond donors (Lipinski definition) is 3. The number of anilines is 1. The molecule has 0 saturated carbocycles. The molecule has 1 aliphatic heterocycles. The van der Waals surface area contributed by atoms with Gasteiger partial charge in [-0.25, -0.2) is 4.52 Å². The van der Waals surface area contributed by atoms with E-state index in [1.165, 1.54) is 6.20 Å². The summed E-state index contributed by atoms with van der Waals surface area (Å²) in [7, 11) is 0. The molecule has 0 radical (unpaired) electrons. The molecule has 7 heteroatoms. The number of halogens is 1. The highest BCUT2D eigenvalue weighted by Gasteiger charge is 2.19. The molecule has 0 bridgehead atoms. The van der Waals surface area contributed by atoms with Gasteiger partial charge in [-0.05, 0) is 47.9 Å². The van der Waals surface area contributed by atoms with E-state index in [9.17, 15) is 4.79 Å². The van der Waals surface area contributed by atoms with E-state index in [2.05, 4.69) is 31.7 Å². The smallest absolute Gasteiger partial charge is 0.252 e. The first-order valence-corrected chi connectivity index (χ1v) is 8.38. The van der Waals surface area contributed by atoms with Crippen LogP contribution >= 0.6 is 15.9 Å². The van der Waals surface area contributed by atoms with Gasteiger partial charge in [0.2, 0.25) is 0 Å². The van der Waals surface area contributed by atoms with Crippen molar-refractivity contribution in [3.8, 4) is 0 Å². The summed E-state index contributed by atoms with van der Waals surface area (Å²) >= 11 is 3.43. The van der Waals surface area contributed by atoms with Gasteiger partial charge in [0.15, 0.2) is 0 Å². The first-order valence-electron chi connectivity index (χ1n) is 7.59. The van der Waals surface area contributed by atoms with E-state index in [1.54, 1.807) is 4.52 Å². The molecule has 1 fully saturated rings. The summed E-state index contributed by atoms with van der Waals surface area (Å²) in [6.07, 6.45) is 5.42. The number of carbonyl (C=O) groups is 1. The van der Waals surface area contributed by atoms with Crippen LogP contribution in [0.5, 0.6) is 0 Å². The van der Waals surface area contributed by atoms with Gasteiger partial charge >= 0.3 is 0 Å². The van der Waals surface area contributed by atoms with Crippen LogP contribution in [0, 0.1) is 0 Å². The number of carbonyl (C=O) groups excluding carboxylic acids is 1. The number of aromatic nitrogens is 2. The van der Waals surface area contributed by atoms with Gasteiger partial charge in [-0.3, -0.25) is 4.79 Å². The summed E-state index contributed by atoms with van der Waals surface area (Å²) in [6.45, 7) is 5.96. The summed E-state index contributed by atoms with van der Waals surface area (Å²) in [5.74, 6) is -0.464. The fraction of sp³-hybridized carbons (Fsp3) is 0.467. The Morgan fingerprint density at radius 3 is 2.77 bits per heavy atom. The fourth-order valence-electron chi connectivity index (χ4n) is 2.53. The number of primary amides is 1. The highest BCUT2D eigenvalue weighted by Crippen LogP contribution is 2.27. The van der Waals surface area contributed by atoms with Crippen LogP contribution in [0.4, 0.5) is 5.69 Å². The van der Waals surface area contributed by atoms with Crippen molar-refractivity contribution in [2.75, 3.05) is 18.4 Å². The van der Waals surface area contributed by atoms with Gasteiger partial charge in [-0.1, -0.05) is 13.8 Å². The van der Waals surface area contributed by atoms with Crippen molar-refractivity contribution in [1.29, 1.82) is 0 Å². The van der Waals surface area contributed by atoms with Crippen LogP contribution in [-0.4, -0.2) is 34.7 Å². The van der Waals surface area contributed by atoms with Gasteiger partial charge in [0.05, 0.1) is 23.0 Å². The molecule has 0 spiro atoms. The van der Waals surface area contributed by atoms with Crippen molar-refractivity contribution >= 4 is 33.0 Å². The monoisotopic (exact) mass is 367 g/mol. The van der Waals surface area contributed by atoms with E-state index in [0.717, 1.165) is 41.6 Å². The van der Waals surface area contributed by atoms with Crippen LogP contribution in [0.3, 0.4) is 0 Å². The Morgan fingerprint density at radius 2 is 2.14 bits per heavy atom. The molecule has 1 aliphatic rings. The van der Waals surface area contributed by atoms with Crippen molar-refractivity contribution in [3.05, 3.63) is 28.5 Å². The topological polar surface area (TPSA) is 84.5 Å². The predicted octanol–water partition coefficient (Wildman–Crippen LogP) is 2.39. The largest absolute Gasteiger partial charge is 0.380 e. The quantitative estimate of drug-likeness (QED) is 0.777. The fourth-order valence-corrected chi connectivity index (χ4v) is 2.94. The number of rotatable bonds is 3. The summed E-state index contributed by atoms with van der Waals surface area (Å²) in [5, 5.41) is 11.0. The molecule has 0 aromatic carbocycles. The maximum atomic E-state index is 11.6. The molecule has 0 atom stereocenters. The van der Waals surface area contributed by atoms with E-state index < -0.39 is 5.91 Å². The maximum absolute atomic E-state index is 11.6. The highest BCUT2D eigenvalue weighted by atomic mass is 79.9. The minimum atomic E-state index is -0.464. The first kappa shape index (κ1) is 16.8. The highest BCUT2D eigenvalue weighted by molar-refractivity contribution is 9.10. The van der Waals surface area contributed by atoms with E-state index in [-0.39, 0.29) is 0 Å². The second kappa shape index (κ2) is 7.60. The Labute approximate surface area is 138 Å². The van der Waals surface area contributed by atoms with E-state index in [4.69, 9.17) is 5.73 Å². The molecule has 120 valence electrons. The average molecular weight is 368 g/mol. The van der Waals surface area contributed by atoms with Crippen molar-refractivity contribution in [1.82, 2.24) is 14.9 Å². The average Bonchev–Trinajstić information content (AvgIpc) is 2.91. The van der Waals surface area contributed by atoms with Crippen molar-refractivity contribution < 1.29 is 4.79 Å². The lowest BCUT2D eigenvalue weighted by Gasteiger charge is -2.25. The molecule has 2 aromatic heterocycles. The summed E-state index contributed by atoms with van der Waals surface area (Å²) < 4.78 is 2.65. The van der Waals surface area contributed by atoms with Gasteiger partial charge in [-0.15, -0.1) is 0 Å². The molecule has 0 unspecified atom stereocenters. The van der Waals surface area contributed by atoms with Crippen molar-refractivity contribution in [2.45, 2.75) is 32.7 Å². The second-order valence-corrected chi connectivity index (χ2v) is 5.87. The Balaban J connectivity index is 0.000000847.